The number of hydrogen-bond acceptors (Lipinski definition) is 5. The van der Waals surface area contributed by atoms with E-state index in [1.807, 2.05) is 0 Å². The monoisotopic (exact) mass is 401 g/mol. The third-order valence-electron chi connectivity index (χ3n) is 5.22. The molecule has 1 atom stereocenters. The molecule has 7 heteroatoms. The summed E-state index contributed by atoms with van der Waals surface area (Å²) in [6.45, 7) is 0.581. The van der Waals surface area contributed by atoms with E-state index in [1.54, 1.807) is 36.4 Å². The molecular formula is C22H24FNO5. The predicted octanol–water partition coefficient (Wildman–Crippen LogP) is 3.62. The number of hydrogen-bond donors (Lipinski definition) is 1. The van der Waals surface area contributed by atoms with Crippen molar-refractivity contribution >= 4 is 12.1 Å². The van der Waals surface area contributed by atoms with E-state index in [1.165, 1.54) is 24.1 Å². The van der Waals surface area contributed by atoms with Crippen LogP contribution in [-0.4, -0.2) is 42.3 Å². The van der Waals surface area contributed by atoms with Gasteiger partial charge in [0, 0.05) is 26.1 Å². The average Bonchev–Trinajstić information content (AvgIpc) is 2.74. The Labute approximate surface area is 168 Å². The van der Waals surface area contributed by atoms with E-state index >= 15 is 0 Å². The third kappa shape index (κ3) is 4.56. The van der Waals surface area contributed by atoms with Crippen LogP contribution in [0.15, 0.2) is 48.5 Å². The number of ether oxygens (including phenoxy) is 2. The summed E-state index contributed by atoms with van der Waals surface area (Å²) in [7, 11) is 1.31. The molecule has 29 heavy (non-hydrogen) atoms. The first kappa shape index (κ1) is 20.8. The second-order valence-corrected chi connectivity index (χ2v) is 7.02. The molecule has 6 nitrogen and oxygen atoms in total. The molecule has 0 spiro atoms. The summed E-state index contributed by atoms with van der Waals surface area (Å²) in [6.07, 6.45) is 0.867. The van der Waals surface area contributed by atoms with Gasteiger partial charge < -0.3 is 19.5 Å². The van der Waals surface area contributed by atoms with Crippen LogP contribution in [0.3, 0.4) is 0 Å². The van der Waals surface area contributed by atoms with Gasteiger partial charge in [0.05, 0.1) is 12.7 Å². The first-order chi connectivity index (χ1) is 14.0. The zero-order valence-corrected chi connectivity index (χ0v) is 16.3. The van der Waals surface area contributed by atoms with Gasteiger partial charge in [-0.2, -0.15) is 0 Å². The molecule has 0 aliphatic carbocycles. The highest BCUT2D eigenvalue weighted by molar-refractivity contribution is 5.91. The lowest BCUT2D eigenvalue weighted by Crippen LogP contribution is -2.47. The molecule has 1 aliphatic rings. The van der Waals surface area contributed by atoms with Crippen molar-refractivity contribution < 1.29 is 28.6 Å². The molecular weight excluding hydrogens is 377 g/mol. The van der Waals surface area contributed by atoms with Crippen molar-refractivity contribution in [2.45, 2.75) is 31.4 Å². The summed E-state index contributed by atoms with van der Waals surface area (Å²) in [5.41, 5.74) is 0.862. The Bertz CT molecular complexity index is 870. The van der Waals surface area contributed by atoms with Crippen LogP contribution in [0.4, 0.5) is 9.18 Å². The highest BCUT2D eigenvalue weighted by atomic mass is 19.1. The van der Waals surface area contributed by atoms with Gasteiger partial charge in [-0.05, 0) is 42.2 Å². The minimum absolute atomic E-state index is 0.0310. The molecule has 1 saturated heterocycles. The van der Waals surface area contributed by atoms with Crippen LogP contribution in [0.2, 0.25) is 0 Å². The van der Waals surface area contributed by atoms with Crippen LogP contribution in [-0.2, 0) is 21.6 Å². The summed E-state index contributed by atoms with van der Waals surface area (Å²) in [6, 6.07) is 12.9. The summed E-state index contributed by atoms with van der Waals surface area (Å²) < 4.78 is 24.0. The lowest BCUT2D eigenvalue weighted by atomic mass is 9.84. The van der Waals surface area contributed by atoms with Gasteiger partial charge in [0.25, 0.3) is 0 Å². The summed E-state index contributed by atoms with van der Waals surface area (Å²) in [5, 5.41) is 9.27. The van der Waals surface area contributed by atoms with Crippen molar-refractivity contribution in [3.63, 3.8) is 0 Å². The lowest BCUT2D eigenvalue weighted by molar-refractivity contribution is -0.0626. The quantitative estimate of drug-likeness (QED) is 0.717. The Morgan fingerprint density at radius 1 is 1.24 bits per heavy atom. The Hall–Kier alpha value is -2.93. The molecule has 1 fully saturated rings. The van der Waals surface area contributed by atoms with Crippen molar-refractivity contribution in [3.8, 4) is 0 Å². The van der Waals surface area contributed by atoms with Crippen molar-refractivity contribution in [2.24, 2.45) is 0 Å². The highest BCUT2D eigenvalue weighted by Crippen LogP contribution is 2.38. The number of methoxy groups -OCH3 is 1. The fraction of sp³-hybridized carbons (Fsp3) is 0.364. The van der Waals surface area contributed by atoms with Gasteiger partial charge in [0.2, 0.25) is 0 Å². The Kier molecular flexibility index (Phi) is 6.49. The number of aliphatic hydroxyl groups excluding tert-OH is 1. The fourth-order valence-electron chi connectivity index (χ4n) is 3.65. The van der Waals surface area contributed by atoms with Gasteiger partial charge >= 0.3 is 12.1 Å². The molecule has 2 aromatic rings. The largest absolute Gasteiger partial charge is 0.465 e. The number of amides is 1. The molecule has 154 valence electrons. The second-order valence-electron chi connectivity index (χ2n) is 7.02. The van der Waals surface area contributed by atoms with Crippen molar-refractivity contribution in [1.82, 2.24) is 4.90 Å². The minimum atomic E-state index is -0.911. The van der Waals surface area contributed by atoms with E-state index in [2.05, 4.69) is 0 Å². The summed E-state index contributed by atoms with van der Waals surface area (Å²) >= 11 is 0. The first-order valence-electron chi connectivity index (χ1n) is 9.50. The van der Waals surface area contributed by atoms with Crippen LogP contribution < -0.4 is 0 Å². The molecule has 2 aromatic carbocycles. The first-order valence-corrected chi connectivity index (χ1v) is 9.50. The van der Waals surface area contributed by atoms with Crippen LogP contribution in [0.5, 0.6) is 0 Å². The number of esters is 1. The standard InChI is InChI=1S/C22H24FNO5/c1-28-20(26)19-6-3-2-5-16(19)15-24-13-12-22(11-4-14-25,29-21(24)27)17-7-9-18(23)10-8-17/h2-3,5-10,25H,4,11-15H2,1H3/t22-/m1/s1. The summed E-state index contributed by atoms with van der Waals surface area (Å²) in [4.78, 5) is 26.3. The predicted molar refractivity (Wildman–Crippen MR) is 104 cm³/mol. The Morgan fingerprint density at radius 2 is 1.97 bits per heavy atom. The van der Waals surface area contributed by atoms with E-state index in [-0.39, 0.29) is 19.0 Å². The topological polar surface area (TPSA) is 76.1 Å². The number of cyclic esters (lactones) is 1. The van der Waals surface area contributed by atoms with Gasteiger partial charge in [-0.3, -0.25) is 0 Å². The average molecular weight is 401 g/mol. The van der Waals surface area contributed by atoms with E-state index in [0.29, 0.717) is 42.5 Å². The van der Waals surface area contributed by atoms with Gasteiger partial charge in [-0.15, -0.1) is 0 Å². The molecule has 0 saturated carbocycles. The van der Waals surface area contributed by atoms with Gasteiger partial charge in [-0.25, -0.2) is 14.0 Å². The Balaban J connectivity index is 1.80. The van der Waals surface area contributed by atoms with Gasteiger partial charge in [-0.1, -0.05) is 30.3 Å². The minimum Gasteiger partial charge on any atom is -0.465 e. The smallest absolute Gasteiger partial charge is 0.410 e. The van der Waals surface area contributed by atoms with Gasteiger partial charge in [0.15, 0.2) is 0 Å². The maximum atomic E-state index is 13.4. The molecule has 1 heterocycles. The van der Waals surface area contributed by atoms with E-state index in [9.17, 15) is 19.1 Å². The molecule has 3 rings (SSSR count). The molecule has 1 N–H and O–H groups in total. The number of nitrogens with zero attached hydrogens (tertiary/aromatic N) is 1. The SMILES string of the molecule is COC(=O)c1ccccc1CN1CC[C@](CCCO)(c2ccc(F)cc2)OC1=O. The number of carbonyl (C=O) groups is 2. The fourth-order valence-corrected chi connectivity index (χ4v) is 3.65. The van der Waals surface area contributed by atoms with Gasteiger partial charge in [0.1, 0.15) is 11.4 Å². The number of aliphatic hydroxyl groups is 1. The molecule has 1 aliphatic heterocycles. The Morgan fingerprint density at radius 3 is 2.62 bits per heavy atom. The second kappa shape index (κ2) is 9.05. The normalized spacial score (nSPS) is 19.0. The van der Waals surface area contributed by atoms with E-state index < -0.39 is 17.7 Å². The van der Waals surface area contributed by atoms with E-state index in [4.69, 9.17) is 9.47 Å². The summed E-state index contributed by atoms with van der Waals surface area (Å²) in [5.74, 6) is -0.830. The molecule has 0 unspecified atom stereocenters. The molecule has 0 radical (unpaired) electrons. The number of halogens is 1. The lowest BCUT2D eigenvalue weighted by Gasteiger charge is -2.41. The maximum Gasteiger partial charge on any atom is 0.410 e. The molecule has 0 bridgehead atoms. The molecule has 0 aromatic heterocycles. The maximum absolute atomic E-state index is 13.4. The van der Waals surface area contributed by atoms with E-state index in [0.717, 1.165) is 0 Å². The van der Waals surface area contributed by atoms with Crippen molar-refractivity contribution in [1.29, 1.82) is 0 Å². The zero-order valence-electron chi connectivity index (χ0n) is 16.3. The van der Waals surface area contributed by atoms with Crippen LogP contribution in [0.1, 0.15) is 40.7 Å². The van der Waals surface area contributed by atoms with Crippen LogP contribution >= 0.6 is 0 Å². The molecule has 1 amide bonds. The number of carbonyl (C=O) groups excluding carboxylic acids is 2. The van der Waals surface area contributed by atoms with Crippen molar-refractivity contribution in [3.05, 3.63) is 71.0 Å². The van der Waals surface area contributed by atoms with Crippen LogP contribution in [0.25, 0.3) is 0 Å². The highest BCUT2D eigenvalue weighted by Gasteiger charge is 2.42. The van der Waals surface area contributed by atoms with Crippen LogP contribution in [0, 0.1) is 5.82 Å². The number of benzene rings is 2. The number of rotatable bonds is 7. The zero-order chi connectivity index (χ0) is 20.9. The third-order valence-corrected chi connectivity index (χ3v) is 5.22. The van der Waals surface area contributed by atoms with Crippen molar-refractivity contribution in [2.75, 3.05) is 20.3 Å².